The Morgan fingerprint density at radius 2 is 1.32 bits per heavy atom. The molecule has 5 heteroatoms. The van der Waals surface area contributed by atoms with Gasteiger partial charge in [-0.2, -0.15) is 0 Å². The molecule has 2 rings (SSSR count). The highest BCUT2D eigenvalue weighted by atomic mass is 19.2. The van der Waals surface area contributed by atoms with Crippen molar-refractivity contribution in [1.29, 1.82) is 0 Å². The standard InChI is InChI=1S/C23H29F2NO2/c24-21-16-15-20(17-22(21)25)28-19-13-11-18(12-14-19)9-7-5-3-1-2-4-6-8-10-23(26)27/h11-17H,1-10H2,(H2,26,27). The average molecular weight is 389 g/mol. The van der Waals surface area contributed by atoms with Gasteiger partial charge in [0.15, 0.2) is 11.6 Å². The molecule has 0 saturated carbocycles. The fraction of sp³-hybridized carbons (Fsp3) is 0.435. The first-order valence-corrected chi connectivity index (χ1v) is 10.0. The summed E-state index contributed by atoms with van der Waals surface area (Å²) in [7, 11) is 0. The number of primary amides is 1. The molecular weight excluding hydrogens is 360 g/mol. The second kappa shape index (κ2) is 12.1. The molecule has 0 atom stereocenters. The predicted octanol–water partition coefficient (Wildman–Crippen LogP) is 6.30. The summed E-state index contributed by atoms with van der Waals surface area (Å²) in [5, 5.41) is 0. The third-order valence-corrected chi connectivity index (χ3v) is 4.69. The van der Waals surface area contributed by atoms with E-state index in [1.165, 1.54) is 43.7 Å². The van der Waals surface area contributed by atoms with E-state index in [4.69, 9.17) is 10.5 Å². The molecule has 152 valence electrons. The predicted molar refractivity (Wildman–Crippen MR) is 107 cm³/mol. The Kier molecular flexibility index (Phi) is 9.46. The number of halogens is 2. The molecule has 0 radical (unpaired) electrons. The van der Waals surface area contributed by atoms with Crippen LogP contribution in [0.5, 0.6) is 11.5 Å². The number of amides is 1. The lowest BCUT2D eigenvalue weighted by Crippen LogP contribution is -2.09. The van der Waals surface area contributed by atoms with E-state index in [2.05, 4.69) is 0 Å². The molecule has 1 amide bonds. The quantitative estimate of drug-likeness (QED) is 0.409. The van der Waals surface area contributed by atoms with Gasteiger partial charge in [-0.15, -0.1) is 0 Å². The minimum Gasteiger partial charge on any atom is -0.457 e. The Labute approximate surface area is 165 Å². The Balaban J connectivity index is 1.57. The summed E-state index contributed by atoms with van der Waals surface area (Å²) < 4.78 is 31.7. The number of aryl methyl sites for hydroxylation is 1. The molecule has 0 bridgehead atoms. The van der Waals surface area contributed by atoms with Crippen molar-refractivity contribution in [2.75, 3.05) is 0 Å². The van der Waals surface area contributed by atoms with Gasteiger partial charge in [0, 0.05) is 12.5 Å². The van der Waals surface area contributed by atoms with Crippen molar-refractivity contribution < 1.29 is 18.3 Å². The highest BCUT2D eigenvalue weighted by molar-refractivity contribution is 5.73. The van der Waals surface area contributed by atoms with Gasteiger partial charge in [0.1, 0.15) is 11.5 Å². The number of hydrogen-bond donors (Lipinski definition) is 1. The third-order valence-electron chi connectivity index (χ3n) is 4.69. The Morgan fingerprint density at radius 3 is 1.93 bits per heavy atom. The SMILES string of the molecule is NC(=O)CCCCCCCCCCc1ccc(Oc2ccc(F)c(F)c2)cc1. The fourth-order valence-electron chi connectivity index (χ4n) is 3.09. The van der Waals surface area contributed by atoms with E-state index >= 15 is 0 Å². The highest BCUT2D eigenvalue weighted by Gasteiger charge is 2.04. The smallest absolute Gasteiger partial charge is 0.217 e. The van der Waals surface area contributed by atoms with Gasteiger partial charge in [-0.05, 0) is 49.1 Å². The summed E-state index contributed by atoms with van der Waals surface area (Å²) in [6, 6.07) is 11.2. The minimum absolute atomic E-state index is 0.205. The topological polar surface area (TPSA) is 52.3 Å². The van der Waals surface area contributed by atoms with Gasteiger partial charge in [0.05, 0.1) is 0 Å². The number of hydrogen-bond acceptors (Lipinski definition) is 2. The number of carbonyl (C=O) groups excluding carboxylic acids is 1. The molecule has 3 nitrogen and oxygen atoms in total. The van der Waals surface area contributed by atoms with E-state index in [0.717, 1.165) is 37.8 Å². The van der Waals surface area contributed by atoms with Crippen LogP contribution in [0.1, 0.15) is 63.4 Å². The number of nitrogens with two attached hydrogens (primary N) is 1. The first-order chi connectivity index (χ1) is 13.5. The van der Waals surface area contributed by atoms with Gasteiger partial charge in [0.2, 0.25) is 5.91 Å². The molecule has 2 N–H and O–H groups in total. The minimum atomic E-state index is -0.917. The van der Waals surface area contributed by atoms with Crippen LogP contribution in [-0.4, -0.2) is 5.91 Å². The monoisotopic (exact) mass is 389 g/mol. The molecular formula is C23H29F2NO2. The molecule has 0 unspecified atom stereocenters. The molecule has 0 fully saturated rings. The van der Waals surface area contributed by atoms with E-state index in [0.29, 0.717) is 12.2 Å². The van der Waals surface area contributed by atoms with Crippen LogP contribution < -0.4 is 10.5 Å². The van der Waals surface area contributed by atoms with Crippen molar-refractivity contribution in [3.63, 3.8) is 0 Å². The van der Waals surface area contributed by atoms with Crippen molar-refractivity contribution >= 4 is 5.91 Å². The Hall–Kier alpha value is -2.43. The van der Waals surface area contributed by atoms with Crippen LogP contribution in [0.25, 0.3) is 0 Å². The molecule has 0 aliphatic rings. The maximum atomic E-state index is 13.2. The zero-order valence-corrected chi connectivity index (χ0v) is 16.3. The van der Waals surface area contributed by atoms with Gasteiger partial charge >= 0.3 is 0 Å². The van der Waals surface area contributed by atoms with Gasteiger partial charge < -0.3 is 10.5 Å². The molecule has 2 aromatic rings. The third kappa shape index (κ3) is 8.51. The van der Waals surface area contributed by atoms with Crippen LogP contribution in [0.2, 0.25) is 0 Å². The summed E-state index contributed by atoms with van der Waals surface area (Å²) >= 11 is 0. The molecule has 0 aromatic heterocycles. The van der Waals surface area contributed by atoms with E-state index in [1.54, 1.807) is 0 Å². The van der Waals surface area contributed by atoms with Gasteiger partial charge in [-0.1, -0.05) is 50.7 Å². The van der Waals surface area contributed by atoms with E-state index in [9.17, 15) is 13.6 Å². The van der Waals surface area contributed by atoms with Crippen LogP contribution in [0, 0.1) is 11.6 Å². The molecule has 2 aromatic carbocycles. The van der Waals surface area contributed by atoms with Crippen molar-refractivity contribution in [3.05, 3.63) is 59.7 Å². The largest absolute Gasteiger partial charge is 0.457 e. The summed E-state index contributed by atoms with van der Waals surface area (Å²) in [6.07, 6.45) is 10.7. The van der Waals surface area contributed by atoms with Crippen LogP contribution in [0.15, 0.2) is 42.5 Å². The van der Waals surface area contributed by atoms with Gasteiger partial charge in [0.25, 0.3) is 0 Å². The van der Waals surface area contributed by atoms with Crippen molar-refractivity contribution in [2.24, 2.45) is 5.73 Å². The van der Waals surface area contributed by atoms with Crippen molar-refractivity contribution in [1.82, 2.24) is 0 Å². The number of carbonyl (C=O) groups is 1. The zero-order valence-electron chi connectivity index (χ0n) is 16.3. The molecule has 0 aliphatic carbocycles. The molecule has 0 spiro atoms. The Morgan fingerprint density at radius 1 is 0.750 bits per heavy atom. The summed E-state index contributed by atoms with van der Waals surface area (Å²) in [6.45, 7) is 0. The lowest BCUT2D eigenvalue weighted by atomic mass is 10.0. The summed E-state index contributed by atoms with van der Waals surface area (Å²) in [4.78, 5) is 10.6. The van der Waals surface area contributed by atoms with Gasteiger partial charge in [-0.3, -0.25) is 4.79 Å². The summed E-state index contributed by atoms with van der Waals surface area (Å²) in [5.74, 6) is -1.12. The first-order valence-electron chi connectivity index (χ1n) is 10.0. The lowest BCUT2D eigenvalue weighted by Gasteiger charge is -2.07. The first kappa shape index (κ1) is 21.9. The van der Waals surface area contributed by atoms with Gasteiger partial charge in [-0.25, -0.2) is 8.78 Å². The zero-order chi connectivity index (χ0) is 20.2. The molecule has 0 aliphatic heterocycles. The van der Waals surface area contributed by atoms with E-state index in [1.807, 2.05) is 24.3 Å². The normalized spacial score (nSPS) is 10.8. The average Bonchev–Trinajstić information content (AvgIpc) is 2.67. The summed E-state index contributed by atoms with van der Waals surface area (Å²) in [5.41, 5.74) is 6.36. The fourth-order valence-corrected chi connectivity index (χ4v) is 3.09. The number of rotatable bonds is 13. The molecule has 0 saturated heterocycles. The Bertz CT molecular complexity index is 732. The van der Waals surface area contributed by atoms with E-state index in [-0.39, 0.29) is 11.7 Å². The molecule has 28 heavy (non-hydrogen) atoms. The maximum absolute atomic E-state index is 13.2. The van der Waals surface area contributed by atoms with Crippen LogP contribution >= 0.6 is 0 Å². The lowest BCUT2D eigenvalue weighted by molar-refractivity contribution is -0.118. The second-order valence-electron chi connectivity index (χ2n) is 7.12. The number of unbranched alkanes of at least 4 members (excludes halogenated alkanes) is 7. The number of benzene rings is 2. The second-order valence-corrected chi connectivity index (χ2v) is 7.12. The van der Waals surface area contributed by atoms with Crippen LogP contribution in [-0.2, 0) is 11.2 Å². The maximum Gasteiger partial charge on any atom is 0.217 e. The van der Waals surface area contributed by atoms with Crippen LogP contribution in [0.3, 0.4) is 0 Å². The number of ether oxygens (including phenoxy) is 1. The van der Waals surface area contributed by atoms with Crippen molar-refractivity contribution in [3.8, 4) is 11.5 Å². The van der Waals surface area contributed by atoms with Crippen LogP contribution in [0.4, 0.5) is 8.78 Å². The highest BCUT2D eigenvalue weighted by Crippen LogP contribution is 2.24. The van der Waals surface area contributed by atoms with E-state index < -0.39 is 11.6 Å². The van der Waals surface area contributed by atoms with Crippen molar-refractivity contribution in [2.45, 2.75) is 64.2 Å². The molecule has 0 heterocycles.